The van der Waals surface area contributed by atoms with Gasteiger partial charge in [0, 0.05) is 10.7 Å². The average Bonchev–Trinajstić information content (AvgIpc) is 2.49. The van der Waals surface area contributed by atoms with Crippen molar-refractivity contribution in [1.29, 1.82) is 0 Å². The first-order valence-corrected chi connectivity index (χ1v) is 6.95. The standard InChI is InChI=1S/C15H10BrN3O2/c16-10-6-4-9(5-7-10)12-14(20)18-13(19-15(12)21)11-3-1-2-8-17-11/h1-8H,(H2,18,19,20,21). The molecule has 5 nitrogen and oxygen atoms in total. The molecule has 2 N–H and O–H groups in total. The van der Waals surface area contributed by atoms with Gasteiger partial charge in [0.2, 0.25) is 5.88 Å². The van der Waals surface area contributed by atoms with Crippen molar-refractivity contribution in [3.8, 4) is 28.5 Å². The lowest BCUT2D eigenvalue weighted by molar-refractivity contribution is 0.454. The molecule has 21 heavy (non-hydrogen) atoms. The topological polar surface area (TPSA) is 78.9 Å². The van der Waals surface area contributed by atoms with Crippen LogP contribution in [0.2, 0.25) is 0 Å². The van der Waals surface area contributed by atoms with E-state index in [0.29, 0.717) is 11.3 Å². The maximum absolute atomic E-state index is 12.2. The highest BCUT2D eigenvalue weighted by atomic mass is 79.9. The van der Waals surface area contributed by atoms with E-state index in [0.717, 1.165) is 4.47 Å². The van der Waals surface area contributed by atoms with Gasteiger partial charge >= 0.3 is 0 Å². The Labute approximate surface area is 128 Å². The number of aromatic amines is 1. The van der Waals surface area contributed by atoms with Crippen molar-refractivity contribution < 1.29 is 5.11 Å². The lowest BCUT2D eigenvalue weighted by atomic mass is 10.1. The third-order valence-electron chi connectivity index (χ3n) is 2.94. The second kappa shape index (κ2) is 5.49. The molecule has 3 rings (SSSR count). The van der Waals surface area contributed by atoms with Gasteiger partial charge < -0.3 is 10.1 Å². The van der Waals surface area contributed by atoms with E-state index in [1.54, 1.807) is 48.7 Å². The number of halogens is 1. The minimum atomic E-state index is -0.412. The molecule has 0 saturated heterocycles. The molecule has 3 aromatic rings. The first-order chi connectivity index (χ1) is 10.1. The van der Waals surface area contributed by atoms with Crippen LogP contribution in [-0.4, -0.2) is 20.1 Å². The van der Waals surface area contributed by atoms with Crippen molar-refractivity contribution in [3.63, 3.8) is 0 Å². The summed E-state index contributed by atoms with van der Waals surface area (Å²) in [6.07, 6.45) is 1.59. The molecule has 2 aromatic heterocycles. The number of aromatic hydroxyl groups is 1. The van der Waals surface area contributed by atoms with Crippen LogP contribution in [0.25, 0.3) is 22.6 Å². The average molecular weight is 344 g/mol. The molecule has 0 fully saturated rings. The van der Waals surface area contributed by atoms with E-state index in [4.69, 9.17) is 0 Å². The number of nitrogens with zero attached hydrogens (tertiary/aromatic N) is 2. The molecule has 2 heterocycles. The van der Waals surface area contributed by atoms with Gasteiger partial charge in [0.25, 0.3) is 5.56 Å². The molecule has 0 bridgehead atoms. The van der Waals surface area contributed by atoms with Crippen molar-refractivity contribution in [2.75, 3.05) is 0 Å². The van der Waals surface area contributed by atoms with Crippen LogP contribution in [0.5, 0.6) is 5.88 Å². The molecular formula is C15H10BrN3O2. The minimum absolute atomic E-state index is 0.141. The van der Waals surface area contributed by atoms with E-state index < -0.39 is 5.56 Å². The largest absolute Gasteiger partial charge is 0.493 e. The molecule has 0 atom stereocenters. The lowest BCUT2D eigenvalue weighted by Crippen LogP contribution is -2.12. The van der Waals surface area contributed by atoms with Crippen molar-refractivity contribution in [2.24, 2.45) is 0 Å². The first-order valence-electron chi connectivity index (χ1n) is 6.16. The van der Waals surface area contributed by atoms with E-state index in [-0.39, 0.29) is 17.3 Å². The SMILES string of the molecule is O=c1[nH]c(-c2ccccn2)nc(O)c1-c1ccc(Br)cc1. The summed E-state index contributed by atoms with van der Waals surface area (Å²) in [6, 6.07) is 12.3. The molecule has 0 spiro atoms. The highest BCUT2D eigenvalue weighted by Crippen LogP contribution is 2.26. The Morgan fingerprint density at radius 2 is 1.86 bits per heavy atom. The van der Waals surface area contributed by atoms with Gasteiger partial charge in [0.05, 0.1) is 0 Å². The second-order valence-corrected chi connectivity index (χ2v) is 5.25. The van der Waals surface area contributed by atoms with Gasteiger partial charge in [-0.1, -0.05) is 34.1 Å². The predicted molar refractivity (Wildman–Crippen MR) is 82.9 cm³/mol. The number of pyridine rings is 1. The Kier molecular flexibility index (Phi) is 3.53. The zero-order valence-corrected chi connectivity index (χ0v) is 12.3. The maximum Gasteiger partial charge on any atom is 0.262 e. The Balaban J connectivity index is 2.13. The van der Waals surface area contributed by atoms with Crippen LogP contribution in [0.3, 0.4) is 0 Å². The Morgan fingerprint density at radius 1 is 1.10 bits per heavy atom. The number of rotatable bonds is 2. The van der Waals surface area contributed by atoms with Crippen LogP contribution in [0.15, 0.2) is 57.9 Å². The normalized spacial score (nSPS) is 10.5. The number of benzene rings is 1. The summed E-state index contributed by atoms with van der Waals surface area (Å²) in [5.74, 6) is -0.0827. The maximum atomic E-state index is 12.2. The summed E-state index contributed by atoms with van der Waals surface area (Å²) in [4.78, 5) is 23.0. The van der Waals surface area contributed by atoms with Gasteiger partial charge in [-0.05, 0) is 29.8 Å². The highest BCUT2D eigenvalue weighted by molar-refractivity contribution is 9.10. The van der Waals surface area contributed by atoms with E-state index in [2.05, 4.69) is 30.9 Å². The number of hydrogen-bond acceptors (Lipinski definition) is 4. The van der Waals surface area contributed by atoms with Crippen molar-refractivity contribution in [3.05, 3.63) is 63.5 Å². The fourth-order valence-corrected chi connectivity index (χ4v) is 2.23. The molecule has 0 radical (unpaired) electrons. The smallest absolute Gasteiger partial charge is 0.262 e. The molecule has 0 amide bonds. The summed E-state index contributed by atoms with van der Waals surface area (Å²) in [5.41, 5.74) is 0.817. The summed E-state index contributed by atoms with van der Waals surface area (Å²) in [7, 11) is 0. The van der Waals surface area contributed by atoms with Crippen LogP contribution < -0.4 is 5.56 Å². The van der Waals surface area contributed by atoms with Gasteiger partial charge in [0.15, 0.2) is 5.82 Å². The van der Waals surface area contributed by atoms with Gasteiger partial charge in [-0.15, -0.1) is 0 Å². The Hall–Kier alpha value is -2.47. The number of nitrogens with one attached hydrogen (secondary N) is 1. The first kappa shape index (κ1) is 13.5. The monoisotopic (exact) mass is 343 g/mol. The molecule has 1 aromatic carbocycles. The van der Waals surface area contributed by atoms with Gasteiger partial charge in [0.1, 0.15) is 11.3 Å². The highest BCUT2D eigenvalue weighted by Gasteiger charge is 2.14. The van der Waals surface area contributed by atoms with Gasteiger partial charge in [-0.25, -0.2) is 0 Å². The van der Waals surface area contributed by atoms with Crippen LogP contribution >= 0.6 is 15.9 Å². The number of aromatic nitrogens is 3. The Morgan fingerprint density at radius 3 is 2.48 bits per heavy atom. The summed E-state index contributed by atoms with van der Waals surface area (Å²) in [6.45, 7) is 0. The van der Waals surface area contributed by atoms with E-state index in [1.807, 2.05) is 0 Å². The fourth-order valence-electron chi connectivity index (χ4n) is 1.96. The summed E-state index contributed by atoms with van der Waals surface area (Å²) < 4.78 is 0.889. The van der Waals surface area contributed by atoms with Crippen LogP contribution in [0, 0.1) is 0 Å². The minimum Gasteiger partial charge on any atom is -0.493 e. The number of H-pyrrole nitrogens is 1. The molecule has 0 aliphatic carbocycles. The zero-order valence-electron chi connectivity index (χ0n) is 10.7. The molecule has 0 aliphatic heterocycles. The van der Waals surface area contributed by atoms with E-state index >= 15 is 0 Å². The van der Waals surface area contributed by atoms with Crippen LogP contribution in [0.4, 0.5) is 0 Å². The number of hydrogen-bond donors (Lipinski definition) is 2. The molecule has 0 saturated carbocycles. The quantitative estimate of drug-likeness (QED) is 0.749. The summed E-state index contributed by atoms with van der Waals surface area (Å²) in [5, 5.41) is 10.1. The molecule has 0 unspecified atom stereocenters. The molecule has 0 aliphatic rings. The molecule has 104 valence electrons. The van der Waals surface area contributed by atoms with Crippen molar-refractivity contribution in [2.45, 2.75) is 0 Å². The fraction of sp³-hybridized carbons (Fsp3) is 0. The van der Waals surface area contributed by atoms with Gasteiger partial charge in [-0.2, -0.15) is 4.98 Å². The second-order valence-electron chi connectivity index (χ2n) is 4.34. The van der Waals surface area contributed by atoms with Crippen molar-refractivity contribution in [1.82, 2.24) is 15.0 Å². The lowest BCUT2D eigenvalue weighted by Gasteiger charge is -2.06. The zero-order chi connectivity index (χ0) is 14.8. The predicted octanol–water partition coefficient (Wildman–Crippen LogP) is 2.97. The molecular weight excluding hydrogens is 334 g/mol. The van der Waals surface area contributed by atoms with E-state index in [9.17, 15) is 9.90 Å². The Bertz CT molecular complexity index is 830. The molecule has 6 heteroatoms. The third-order valence-corrected chi connectivity index (χ3v) is 3.47. The third kappa shape index (κ3) is 2.71. The van der Waals surface area contributed by atoms with Crippen LogP contribution in [0.1, 0.15) is 0 Å². The van der Waals surface area contributed by atoms with Crippen molar-refractivity contribution >= 4 is 15.9 Å². The summed E-state index contributed by atoms with van der Waals surface area (Å²) >= 11 is 3.32. The van der Waals surface area contributed by atoms with Crippen LogP contribution in [-0.2, 0) is 0 Å². The van der Waals surface area contributed by atoms with Gasteiger partial charge in [-0.3, -0.25) is 9.78 Å². The van der Waals surface area contributed by atoms with E-state index in [1.165, 1.54) is 0 Å².